The zero-order valence-corrected chi connectivity index (χ0v) is 11.7. The van der Waals surface area contributed by atoms with Gasteiger partial charge in [-0.1, -0.05) is 0 Å². The van der Waals surface area contributed by atoms with Gasteiger partial charge in [0.05, 0.1) is 0 Å². The van der Waals surface area contributed by atoms with Crippen molar-refractivity contribution in [1.82, 2.24) is 4.57 Å². The maximum atomic E-state index is 5.28. The van der Waals surface area contributed by atoms with Gasteiger partial charge < -0.3 is 18.8 Å². The fourth-order valence-electron chi connectivity index (χ4n) is 2.03. The number of ether oxygens (including phenoxy) is 3. The average Bonchev–Trinajstić information content (AvgIpc) is 2.59. The van der Waals surface area contributed by atoms with Crippen LogP contribution in [0.1, 0.15) is 23.4 Å². The number of methoxy groups -OCH3 is 3. The van der Waals surface area contributed by atoms with Crippen LogP contribution in [0.5, 0.6) is 0 Å². The molecule has 0 atom stereocenters. The van der Waals surface area contributed by atoms with Crippen LogP contribution < -0.4 is 0 Å². The van der Waals surface area contributed by atoms with E-state index in [1.54, 1.807) is 21.3 Å². The molecule has 0 amide bonds. The van der Waals surface area contributed by atoms with Crippen LogP contribution in [0.3, 0.4) is 0 Å². The van der Waals surface area contributed by atoms with Crippen molar-refractivity contribution < 1.29 is 14.2 Å². The monoisotopic (exact) mass is 241 g/mol. The van der Waals surface area contributed by atoms with Crippen molar-refractivity contribution in [1.29, 1.82) is 0 Å². The van der Waals surface area contributed by atoms with Crippen LogP contribution in [-0.4, -0.2) is 31.9 Å². The maximum absolute atomic E-state index is 5.28. The second-order valence-electron chi connectivity index (χ2n) is 4.25. The quantitative estimate of drug-likeness (QED) is 0.715. The minimum Gasteiger partial charge on any atom is -0.352 e. The molecule has 0 unspecified atom stereocenters. The summed E-state index contributed by atoms with van der Waals surface area (Å²) >= 11 is 0. The van der Waals surface area contributed by atoms with Crippen LogP contribution in [0.15, 0.2) is 6.07 Å². The largest absolute Gasteiger partial charge is 0.352 e. The van der Waals surface area contributed by atoms with Crippen molar-refractivity contribution in [3.63, 3.8) is 0 Å². The van der Waals surface area contributed by atoms with Crippen molar-refractivity contribution >= 4 is 0 Å². The van der Waals surface area contributed by atoms with E-state index >= 15 is 0 Å². The fourth-order valence-corrected chi connectivity index (χ4v) is 2.03. The lowest BCUT2D eigenvalue weighted by atomic mass is 10.1. The molecule has 0 saturated carbocycles. The Hall–Kier alpha value is -0.840. The predicted molar refractivity (Wildman–Crippen MR) is 67.0 cm³/mol. The Morgan fingerprint density at radius 3 is 2.00 bits per heavy atom. The molecule has 4 heteroatoms. The molecule has 1 heterocycles. The molecule has 0 aliphatic heterocycles. The molecule has 98 valence electrons. The van der Waals surface area contributed by atoms with Gasteiger partial charge in [0.2, 0.25) is 0 Å². The van der Waals surface area contributed by atoms with Crippen LogP contribution in [0.2, 0.25) is 0 Å². The molecule has 4 nitrogen and oxygen atoms in total. The number of nitrogens with zero attached hydrogens (tertiary/aromatic N) is 1. The first-order chi connectivity index (χ1) is 7.99. The normalized spacial score (nSPS) is 12.1. The maximum Gasteiger partial charge on any atom is 0.282 e. The van der Waals surface area contributed by atoms with Crippen molar-refractivity contribution in [3.05, 3.63) is 23.0 Å². The zero-order valence-electron chi connectivity index (χ0n) is 11.7. The Morgan fingerprint density at radius 2 is 1.65 bits per heavy atom. The summed E-state index contributed by atoms with van der Waals surface area (Å²) in [5.41, 5.74) is 3.84. The second kappa shape index (κ2) is 5.67. The highest BCUT2D eigenvalue weighted by atomic mass is 16.9. The zero-order chi connectivity index (χ0) is 13.1. The lowest BCUT2D eigenvalue weighted by Crippen LogP contribution is -2.36. The molecule has 0 radical (unpaired) electrons. The predicted octanol–water partition coefficient (Wildman–Crippen LogP) is 2.17. The topological polar surface area (TPSA) is 32.6 Å². The van der Waals surface area contributed by atoms with Crippen molar-refractivity contribution in [2.75, 3.05) is 21.3 Å². The van der Waals surface area contributed by atoms with Crippen molar-refractivity contribution in [2.45, 2.75) is 32.7 Å². The minimum atomic E-state index is -0.934. The molecule has 17 heavy (non-hydrogen) atoms. The summed E-state index contributed by atoms with van der Waals surface area (Å²) in [5.74, 6) is -0.934. The average molecular weight is 241 g/mol. The summed E-state index contributed by atoms with van der Waals surface area (Å²) in [5, 5.41) is 0. The van der Waals surface area contributed by atoms with Gasteiger partial charge in [-0.3, -0.25) is 0 Å². The lowest BCUT2D eigenvalue weighted by molar-refractivity contribution is -0.354. The first kappa shape index (κ1) is 14.2. The van der Waals surface area contributed by atoms with E-state index in [-0.39, 0.29) is 0 Å². The summed E-state index contributed by atoms with van der Waals surface area (Å²) in [4.78, 5) is 0. The van der Waals surface area contributed by atoms with Gasteiger partial charge in [0.1, 0.15) is 0 Å². The van der Waals surface area contributed by atoms with Crippen LogP contribution >= 0.6 is 0 Å². The summed E-state index contributed by atoms with van der Waals surface area (Å²) in [6.45, 7) is 4.23. The molecule has 1 aromatic rings. The van der Waals surface area contributed by atoms with E-state index in [0.717, 1.165) is 6.42 Å². The molecule has 0 saturated heterocycles. The number of aromatic nitrogens is 1. The molecule has 0 spiro atoms. The van der Waals surface area contributed by atoms with E-state index in [1.807, 2.05) is 0 Å². The van der Waals surface area contributed by atoms with Crippen molar-refractivity contribution in [2.24, 2.45) is 7.05 Å². The third-order valence-electron chi connectivity index (χ3n) is 3.51. The second-order valence-corrected chi connectivity index (χ2v) is 4.25. The molecular weight excluding hydrogens is 218 g/mol. The standard InChI is InChI=1S/C13H23NO3/c1-10-9-12(11(2)14(10)3)7-8-13(15-4,16-5)17-6/h9H,7-8H2,1-6H3. The third-order valence-corrected chi connectivity index (χ3v) is 3.51. The van der Waals surface area contributed by atoms with Crippen LogP contribution in [0.4, 0.5) is 0 Å². The van der Waals surface area contributed by atoms with Gasteiger partial charge in [0, 0.05) is 46.2 Å². The molecule has 0 bridgehead atoms. The summed E-state index contributed by atoms with van der Waals surface area (Å²) in [7, 11) is 6.85. The first-order valence-electron chi connectivity index (χ1n) is 5.77. The van der Waals surface area contributed by atoms with Crippen LogP contribution in [0.25, 0.3) is 0 Å². The molecule has 0 aliphatic carbocycles. The number of aryl methyl sites for hydroxylation is 2. The van der Waals surface area contributed by atoms with E-state index < -0.39 is 5.97 Å². The van der Waals surface area contributed by atoms with Crippen LogP contribution in [-0.2, 0) is 27.7 Å². The number of hydrogen-bond acceptors (Lipinski definition) is 3. The highest BCUT2D eigenvalue weighted by Gasteiger charge is 2.29. The summed E-state index contributed by atoms with van der Waals surface area (Å²) in [6, 6.07) is 2.20. The minimum absolute atomic E-state index is 0.667. The Morgan fingerprint density at radius 1 is 1.12 bits per heavy atom. The Bertz CT molecular complexity index is 359. The van der Waals surface area contributed by atoms with Gasteiger partial charge in [-0.05, 0) is 31.9 Å². The molecular formula is C13H23NO3. The van der Waals surface area contributed by atoms with Gasteiger partial charge in [-0.2, -0.15) is 0 Å². The van der Waals surface area contributed by atoms with Gasteiger partial charge in [-0.15, -0.1) is 0 Å². The van der Waals surface area contributed by atoms with Crippen LogP contribution in [0, 0.1) is 13.8 Å². The van der Waals surface area contributed by atoms with E-state index in [2.05, 4.69) is 31.5 Å². The van der Waals surface area contributed by atoms with Gasteiger partial charge in [0.15, 0.2) is 0 Å². The molecule has 1 rings (SSSR count). The Labute approximate surface area is 103 Å². The molecule has 0 aromatic carbocycles. The summed E-state index contributed by atoms with van der Waals surface area (Å²) in [6.07, 6.45) is 1.53. The van der Waals surface area contributed by atoms with E-state index in [9.17, 15) is 0 Å². The Kier molecular flexibility index (Phi) is 4.74. The first-order valence-corrected chi connectivity index (χ1v) is 5.77. The van der Waals surface area contributed by atoms with E-state index in [4.69, 9.17) is 14.2 Å². The molecule has 0 fully saturated rings. The van der Waals surface area contributed by atoms with Gasteiger partial charge >= 0.3 is 0 Å². The molecule has 0 aliphatic rings. The SMILES string of the molecule is COC(CCc1cc(C)n(C)c1C)(OC)OC. The fraction of sp³-hybridized carbons (Fsp3) is 0.692. The van der Waals surface area contributed by atoms with Gasteiger partial charge in [-0.25, -0.2) is 0 Å². The number of rotatable bonds is 6. The third kappa shape index (κ3) is 2.89. The molecule has 1 aromatic heterocycles. The lowest BCUT2D eigenvalue weighted by Gasteiger charge is -2.28. The summed E-state index contributed by atoms with van der Waals surface area (Å²) < 4.78 is 18.0. The highest BCUT2D eigenvalue weighted by Crippen LogP contribution is 2.22. The smallest absolute Gasteiger partial charge is 0.282 e. The molecule has 0 N–H and O–H groups in total. The highest BCUT2D eigenvalue weighted by molar-refractivity contribution is 5.26. The van der Waals surface area contributed by atoms with E-state index in [0.29, 0.717) is 6.42 Å². The van der Waals surface area contributed by atoms with E-state index in [1.165, 1.54) is 17.0 Å². The van der Waals surface area contributed by atoms with Crippen molar-refractivity contribution in [3.8, 4) is 0 Å². The van der Waals surface area contributed by atoms with Gasteiger partial charge in [0.25, 0.3) is 5.97 Å². The number of hydrogen-bond donors (Lipinski definition) is 0. The Balaban J connectivity index is 2.75.